The van der Waals surface area contributed by atoms with E-state index in [1.165, 1.54) is 25.4 Å². The van der Waals surface area contributed by atoms with E-state index in [-0.39, 0.29) is 35.5 Å². The molecule has 0 radical (unpaired) electrons. The van der Waals surface area contributed by atoms with E-state index in [1.54, 1.807) is 30.8 Å². The Morgan fingerprint density at radius 1 is 1.13 bits per heavy atom. The summed E-state index contributed by atoms with van der Waals surface area (Å²) in [5.74, 6) is -0.267. The molecule has 2 N–H and O–H groups in total. The molecule has 0 saturated heterocycles. The van der Waals surface area contributed by atoms with Crippen molar-refractivity contribution in [1.29, 1.82) is 0 Å². The van der Waals surface area contributed by atoms with Crippen molar-refractivity contribution in [1.82, 2.24) is 14.8 Å². The molecular formula is C27H33FN5O4P. The first-order valence-corrected chi connectivity index (χ1v) is 14.8. The van der Waals surface area contributed by atoms with Crippen molar-refractivity contribution in [2.45, 2.75) is 40.0 Å². The Labute approximate surface area is 221 Å². The number of Topliss-reactive ketones (excluding diaryl/α,β-unsaturated/α-hetero) is 1. The highest BCUT2D eigenvalue weighted by molar-refractivity contribution is 7.71. The van der Waals surface area contributed by atoms with Crippen molar-refractivity contribution in [2.75, 3.05) is 30.1 Å². The van der Waals surface area contributed by atoms with Crippen LogP contribution in [-0.4, -0.2) is 45.9 Å². The lowest BCUT2D eigenvalue weighted by Gasteiger charge is -2.17. The number of amides is 1. The Kier molecular flexibility index (Phi) is 8.02. The summed E-state index contributed by atoms with van der Waals surface area (Å²) in [5.41, 5.74) is 2.32. The van der Waals surface area contributed by atoms with Gasteiger partial charge in [0.2, 0.25) is 5.91 Å². The van der Waals surface area contributed by atoms with Crippen molar-refractivity contribution in [3.8, 4) is 17.0 Å². The topological polar surface area (TPSA) is 115 Å². The Bertz CT molecular complexity index is 1430. The van der Waals surface area contributed by atoms with Gasteiger partial charge < -0.3 is 19.9 Å². The van der Waals surface area contributed by atoms with Gasteiger partial charge in [-0.2, -0.15) is 5.10 Å². The van der Waals surface area contributed by atoms with Crippen LogP contribution in [0.5, 0.6) is 5.75 Å². The van der Waals surface area contributed by atoms with Crippen LogP contribution in [0, 0.1) is 11.7 Å². The molecule has 0 atom stereocenters. The summed E-state index contributed by atoms with van der Waals surface area (Å²) < 4.78 is 35.6. The van der Waals surface area contributed by atoms with E-state index in [0.717, 1.165) is 12.8 Å². The molecule has 38 heavy (non-hydrogen) atoms. The number of pyridine rings is 1. The van der Waals surface area contributed by atoms with E-state index in [9.17, 15) is 18.5 Å². The van der Waals surface area contributed by atoms with E-state index in [4.69, 9.17) is 4.74 Å². The fourth-order valence-electron chi connectivity index (χ4n) is 4.37. The summed E-state index contributed by atoms with van der Waals surface area (Å²) >= 11 is 0. The van der Waals surface area contributed by atoms with Crippen molar-refractivity contribution in [3.05, 3.63) is 41.8 Å². The van der Waals surface area contributed by atoms with Crippen LogP contribution in [0.1, 0.15) is 50.4 Å². The van der Waals surface area contributed by atoms with Crippen LogP contribution in [0.15, 0.2) is 30.5 Å². The summed E-state index contributed by atoms with van der Waals surface area (Å²) in [7, 11) is 0.537. The van der Waals surface area contributed by atoms with Gasteiger partial charge in [-0.3, -0.25) is 14.3 Å². The Balaban J connectivity index is 1.78. The highest BCUT2D eigenvalue weighted by Crippen LogP contribution is 2.45. The number of nitrogens with zero attached hydrogens (tertiary/aromatic N) is 3. The zero-order valence-corrected chi connectivity index (χ0v) is 23.2. The third-order valence-corrected chi connectivity index (χ3v) is 10.1. The molecule has 4 rings (SSSR count). The van der Waals surface area contributed by atoms with Crippen LogP contribution in [0.4, 0.5) is 21.6 Å². The van der Waals surface area contributed by atoms with Crippen molar-refractivity contribution < 1.29 is 23.3 Å². The highest BCUT2D eigenvalue weighted by atomic mass is 31.2. The lowest BCUT2D eigenvalue weighted by molar-refractivity contribution is -0.117. The second-order valence-corrected chi connectivity index (χ2v) is 12.8. The molecule has 9 nitrogen and oxygen atoms in total. The number of benzene rings is 1. The van der Waals surface area contributed by atoms with Gasteiger partial charge in [-0.1, -0.05) is 20.8 Å². The number of hydrogen-bond acceptors (Lipinski definition) is 7. The van der Waals surface area contributed by atoms with Gasteiger partial charge >= 0.3 is 0 Å². The summed E-state index contributed by atoms with van der Waals surface area (Å²) in [5, 5.41) is 10.4. The molecule has 2 heterocycles. The Morgan fingerprint density at radius 2 is 1.84 bits per heavy atom. The maximum absolute atomic E-state index is 15.0. The van der Waals surface area contributed by atoms with Gasteiger partial charge in [0.1, 0.15) is 18.8 Å². The first kappa shape index (κ1) is 27.5. The average Bonchev–Trinajstić information content (AvgIpc) is 3.69. The molecule has 2 aromatic heterocycles. The number of ether oxygens (including phenoxy) is 1. The Hall–Kier alpha value is -3.52. The number of hydrogen-bond donors (Lipinski definition) is 2. The molecule has 0 unspecified atom stereocenters. The molecule has 1 aromatic carbocycles. The predicted molar refractivity (Wildman–Crippen MR) is 147 cm³/mol. The molecule has 202 valence electrons. The lowest BCUT2D eigenvalue weighted by Crippen LogP contribution is -2.17. The molecule has 1 amide bonds. The third kappa shape index (κ3) is 5.50. The Morgan fingerprint density at radius 3 is 2.45 bits per heavy atom. The molecule has 0 bridgehead atoms. The molecule has 1 aliphatic rings. The monoisotopic (exact) mass is 541 g/mol. The number of rotatable bonds is 11. The lowest BCUT2D eigenvalue weighted by atomic mass is 10.1. The van der Waals surface area contributed by atoms with Crippen molar-refractivity contribution in [3.63, 3.8) is 0 Å². The summed E-state index contributed by atoms with van der Waals surface area (Å²) in [6.45, 7) is 5.50. The maximum atomic E-state index is 15.0. The van der Waals surface area contributed by atoms with Crippen molar-refractivity contribution >= 4 is 41.5 Å². The number of nitrogens with one attached hydrogen (secondary N) is 2. The van der Waals surface area contributed by atoms with Crippen LogP contribution >= 0.6 is 7.14 Å². The van der Waals surface area contributed by atoms with Crippen LogP contribution in [0.3, 0.4) is 0 Å². The summed E-state index contributed by atoms with van der Waals surface area (Å²) in [4.78, 5) is 29.2. The van der Waals surface area contributed by atoms with Crippen LogP contribution in [-0.2, 0) is 16.4 Å². The van der Waals surface area contributed by atoms with Crippen molar-refractivity contribution in [2.24, 2.45) is 13.0 Å². The molecule has 3 aromatic rings. The average molecular weight is 542 g/mol. The largest absolute Gasteiger partial charge is 0.494 e. The number of anilines is 3. The van der Waals surface area contributed by atoms with E-state index < -0.39 is 13.0 Å². The number of carbonyl (C=O) groups is 2. The normalized spacial score (nSPS) is 13.3. The molecule has 0 aliphatic heterocycles. The number of aryl methyl sites for hydroxylation is 1. The zero-order valence-electron chi connectivity index (χ0n) is 22.3. The standard InChI is InChI=1S/C27H33FN5O4P/c1-6-23(34)19-15-29-24(31-27(35)16-9-10-16)13-20(19)30-22-12-17(28)11-18(26(22)37-5)21-14-25(33(4)32-21)38(36,7-2)8-3/h11-16H,6-10H2,1-5H3,(H2,29,30,31,35). The van der Waals surface area contributed by atoms with Gasteiger partial charge in [0.05, 0.1) is 35.2 Å². The zero-order chi connectivity index (χ0) is 27.6. The number of carbonyl (C=O) groups excluding carboxylic acids is 2. The highest BCUT2D eigenvalue weighted by Gasteiger charge is 2.30. The second-order valence-electron chi connectivity index (χ2n) is 9.35. The van der Waals surface area contributed by atoms with Gasteiger partial charge in [-0.05, 0) is 25.0 Å². The molecule has 1 fully saturated rings. The summed E-state index contributed by atoms with van der Waals surface area (Å²) in [6.07, 6.45) is 4.31. The fraction of sp³-hybridized carbons (Fsp3) is 0.407. The van der Waals surface area contributed by atoms with Gasteiger partial charge in [0, 0.05) is 55.6 Å². The predicted octanol–water partition coefficient (Wildman–Crippen LogP) is 5.34. The van der Waals surface area contributed by atoms with Crippen LogP contribution < -0.4 is 20.8 Å². The van der Waals surface area contributed by atoms with Crippen LogP contribution in [0.25, 0.3) is 11.3 Å². The molecule has 1 aliphatic carbocycles. The first-order chi connectivity index (χ1) is 18.1. The summed E-state index contributed by atoms with van der Waals surface area (Å²) in [6, 6.07) is 5.85. The molecular weight excluding hydrogens is 508 g/mol. The number of aromatic nitrogens is 3. The molecule has 0 spiro atoms. The molecule has 11 heteroatoms. The fourth-order valence-corrected chi connectivity index (χ4v) is 6.40. The minimum atomic E-state index is -2.64. The SMILES string of the molecule is CCC(=O)c1cnc(NC(=O)C2CC2)cc1Nc1cc(F)cc(-c2cc(P(=O)(CC)CC)n(C)n2)c1OC. The number of methoxy groups -OCH3 is 1. The van der Waals surface area contributed by atoms with Gasteiger partial charge in [-0.25, -0.2) is 9.37 Å². The molecule has 1 saturated carbocycles. The minimum Gasteiger partial charge on any atom is -0.494 e. The maximum Gasteiger partial charge on any atom is 0.228 e. The smallest absolute Gasteiger partial charge is 0.228 e. The second kappa shape index (κ2) is 11.1. The van der Waals surface area contributed by atoms with Gasteiger partial charge in [-0.15, -0.1) is 0 Å². The number of ketones is 1. The number of halogens is 1. The van der Waals surface area contributed by atoms with E-state index in [2.05, 4.69) is 20.7 Å². The quantitative estimate of drug-likeness (QED) is 0.249. The first-order valence-electron chi connectivity index (χ1n) is 12.8. The van der Waals surface area contributed by atoms with Gasteiger partial charge in [0.25, 0.3) is 0 Å². The van der Waals surface area contributed by atoms with E-state index in [0.29, 0.717) is 46.0 Å². The minimum absolute atomic E-state index is 0.0185. The van der Waals surface area contributed by atoms with Gasteiger partial charge in [0.15, 0.2) is 11.5 Å². The van der Waals surface area contributed by atoms with E-state index >= 15 is 0 Å². The van der Waals surface area contributed by atoms with E-state index in [1.807, 2.05) is 13.8 Å². The third-order valence-electron chi connectivity index (χ3n) is 6.82. The van der Waals surface area contributed by atoms with Crippen LogP contribution in [0.2, 0.25) is 0 Å².